The summed E-state index contributed by atoms with van der Waals surface area (Å²) in [5.41, 5.74) is 2.38. The van der Waals surface area contributed by atoms with Crippen LogP contribution in [0.5, 0.6) is 5.75 Å². The second kappa shape index (κ2) is 10.0. The lowest BCUT2D eigenvalue weighted by atomic mass is 10.1. The highest BCUT2D eigenvalue weighted by Crippen LogP contribution is 2.13. The number of allylic oxidation sites excluding steroid dienone is 1. The normalized spacial score (nSPS) is 15.9. The summed E-state index contributed by atoms with van der Waals surface area (Å²) in [5.74, 6) is 1.00. The summed E-state index contributed by atoms with van der Waals surface area (Å²) in [6.07, 6.45) is 4.14. The Morgan fingerprint density at radius 3 is 2.30 bits per heavy atom. The first kappa shape index (κ1) is 19.3. The number of nitrogens with zero attached hydrogens (tertiary/aromatic N) is 2. The number of piperazine rings is 1. The third kappa shape index (κ3) is 6.35. The number of methoxy groups -OCH3 is 1. The van der Waals surface area contributed by atoms with Crippen LogP contribution in [0.25, 0.3) is 6.08 Å². The zero-order chi connectivity index (χ0) is 18.9. The molecule has 0 atom stereocenters. The molecule has 0 aliphatic carbocycles. The molecule has 0 N–H and O–H groups in total. The molecular weight excluding hydrogens is 336 g/mol. The van der Waals surface area contributed by atoms with E-state index in [1.165, 1.54) is 5.56 Å². The standard InChI is InChI=1S/C23H28N2O2/c1-27-23-11-8-20(9-12-23)7-10-22(26)13-14-24-15-17-25(18-16-24)19-21-5-3-2-4-6-21/h2-12H,13-19H2,1H3. The molecule has 2 aromatic carbocycles. The highest BCUT2D eigenvalue weighted by molar-refractivity contribution is 5.93. The Labute approximate surface area is 162 Å². The van der Waals surface area contributed by atoms with E-state index in [2.05, 4.69) is 40.1 Å². The van der Waals surface area contributed by atoms with E-state index in [0.29, 0.717) is 6.42 Å². The number of carbonyl (C=O) groups is 1. The Kier molecular flexibility index (Phi) is 7.19. The van der Waals surface area contributed by atoms with Crippen LogP contribution in [-0.2, 0) is 11.3 Å². The molecule has 2 aromatic rings. The van der Waals surface area contributed by atoms with Crippen LogP contribution in [0.1, 0.15) is 17.5 Å². The molecule has 1 aliphatic heterocycles. The maximum atomic E-state index is 12.1. The van der Waals surface area contributed by atoms with Gasteiger partial charge in [-0.15, -0.1) is 0 Å². The van der Waals surface area contributed by atoms with Gasteiger partial charge in [0.2, 0.25) is 0 Å². The minimum Gasteiger partial charge on any atom is -0.497 e. The van der Waals surface area contributed by atoms with Gasteiger partial charge in [-0.1, -0.05) is 48.5 Å². The molecule has 4 nitrogen and oxygen atoms in total. The highest BCUT2D eigenvalue weighted by Gasteiger charge is 2.17. The monoisotopic (exact) mass is 364 g/mol. The van der Waals surface area contributed by atoms with E-state index >= 15 is 0 Å². The molecule has 142 valence electrons. The minimum atomic E-state index is 0.178. The van der Waals surface area contributed by atoms with Gasteiger partial charge in [-0.2, -0.15) is 0 Å². The molecule has 0 saturated carbocycles. The Hall–Kier alpha value is -2.43. The summed E-state index contributed by atoms with van der Waals surface area (Å²) in [4.78, 5) is 17.0. The second-order valence-electron chi connectivity index (χ2n) is 6.93. The number of rotatable bonds is 8. The van der Waals surface area contributed by atoms with Gasteiger partial charge in [0.25, 0.3) is 0 Å². The summed E-state index contributed by atoms with van der Waals surface area (Å²) in [7, 11) is 1.65. The van der Waals surface area contributed by atoms with Gasteiger partial charge in [0, 0.05) is 45.7 Å². The van der Waals surface area contributed by atoms with Gasteiger partial charge in [-0.05, 0) is 29.3 Å². The Morgan fingerprint density at radius 1 is 0.963 bits per heavy atom. The van der Waals surface area contributed by atoms with Crippen molar-refractivity contribution in [1.29, 1.82) is 0 Å². The van der Waals surface area contributed by atoms with E-state index in [9.17, 15) is 4.79 Å². The number of ketones is 1. The van der Waals surface area contributed by atoms with Crippen molar-refractivity contribution in [1.82, 2.24) is 9.80 Å². The van der Waals surface area contributed by atoms with E-state index in [-0.39, 0.29) is 5.78 Å². The lowest BCUT2D eigenvalue weighted by Crippen LogP contribution is -2.46. The van der Waals surface area contributed by atoms with Crippen LogP contribution < -0.4 is 4.74 Å². The zero-order valence-electron chi connectivity index (χ0n) is 16.0. The smallest absolute Gasteiger partial charge is 0.156 e. The first-order valence-corrected chi connectivity index (χ1v) is 9.56. The third-order valence-corrected chi connectivity index (χ3v) is 4.97. The molecule has 1 aliphatic rings. The van der Waals surface area contributed by atoms with Gasteiger partial charge >= 0.3 is 0 Å². The Balaban J connectivity index is 1.36. The lowest BCUT2D eigenvalue weighted by Gasteiger charge is -2.34. The average molecular weight is 364 g/mol. The van der Waals surface area contributed by atoms with Crippen molar-refractivity contribution in [3.8, 4) is 5.75 Å². The summed E-state index contributed by atoms with van der Waals surface area (Å²) in [6.45, 7) is 6.03. The van der Waals surface area contributed by atoms with Crippen LogP contribution >= 0.6 is 0 Å². The van der Waals surface area contributed by atoms with Crippen LogP contribution in [0.15, 0.2) is 60.7 Å². The van der Waals surface area contributed by atoms with E-state index in [0.717, 1.165) is 50.6 Å². The fourth-order valence-electron chi connectivity index (χ4n) is 3.27. The summed E-state index contributed by atoms with van der Waals surface area (Å²) in [6, 6.07) is 18.3. The van der Waals surface area contributed by atoms with Crippen LogP contribution in [-0.4, -0.2) is 55.4 Å². The molecule has 0 amide bonds. The van der Waals surface area contributed by atoms with Gasteiger partial charge < -0.3 is 9.64 Å². The number of hydrogen-bond acceptors (Lipinski definition) is 4. The van der Waals surface area contributed by atoms with Crippen molar-refractivity contribution in [2.75, 3.05) is 39.8 Å². The van der Waals surface area contributed by atoms with Gasteiger partial charge in [0.05, 0.1) is 7.11 Å². The predicted molar refractivity (Wildman–Crippen MR) is 110 cm³/mol. The molecule has 27 heavy (non-hydrogen) atoms. The van der Waals surface area contributed by atoms with Crippen LogP contribution in [0.4, 0.5) is 0 Å². The van der Waals surface area contributed by atoms with Crippen molar-refractivity contribution in [3.63, 3.8) is 0 Å². The van der Waals surface area contributed by atoms with Gasteiger partial charge in [0.15, 0.2) is 5.78 Å². The quantitative estimate of drug-likeness (QED) is 0.672. The molecular formula is C23H28N2O2. The average Bonchev–Trinajstić information content (AvgIpc) is 2.73. The lowest BCUT2D eigenvalue weighted by molar-refractivity contribution is -0.114. The predicted octanol–water partition coefficient (Wildman–Crippen LogP) is 3.49. The molecule has 1 fully saturated rings. The molecule has 0 aromatic heterocycles. The van der Waals surface area contributed by atoms with Crippen LogP contribution in [0.2, 0.25) is 0 Å². The highest BCUT2D eigenvalue weighted by atomic mass is 16.5. The molecule has 0 spiro atoms. The van der Waals surface area contributed by atoms with Crippen molar-refractivity contribution in [2.24, 2.45) is 0 Å². The van der Waals surface area contributed by atoms with Crippen molar-refractivity contribution in [3.05, 3.63) is 71.8 Å². The maximum Gasteiger partial charge on any atom is 0.156 e. The van der Waals surface area contributed by atoms with E-state index < -0.39 is 0 Å². The Bertz CT molecular complexity index is 733. The van der Waals surface area contributed by atoms with E-state index in [1.807, 2.05) is 30.3 Å². The Morgan fingerprint density at radius 2 is 1.63 bits per heavy atom. The van der Waals surface area contributed by atoms with Crippen LogP contribution in [0, 0.1) is 0 Å². The van der Waals surface area contributed by atoms with Gasteiger partial charge in [-0.3, -0.25) is 9.69 Å². The third-order valence-electron chi connectivity index (χ3n) is 4.97. The first-order valence-electron chi connectivity index (χ1n) is 9.56. The molecule has 0 unspecified atom stereocenters. The number of hydrogen-bond donors (Lipinski definition) is 0. The fraction of sp³-hybridized carbons (Fsp3) is 0.348. The van der Waals surface area contributed by atoms with Crippen molar-refractivity contribution in [2.45, 2.75) is 13.0 Å². The number of benzene rings is 2. The first-order chi connectivity index (χ1) is 13.2. The zero-order valence-corrected chi connectivity index (χ0v) is 16.0. The minimum absolute atomic E-state index is 0.178. The topological polar surface area (TPSA) is 32.8 Å². The molecule has 0 radical (unpaired) electrons. The van der Waals surface area contributed by atoms with Gasteiger partial charge in [-0.25, -0.2) is 0 Å². The number of carbonyl (C=O) groups excluding carboxylic acids is 1. The van der Waals surface area contributed by atoms with Crippen molar-refractivity contribution >= 4 is 11.9 Å². The fourth-order valence-corrected chi connectivity index (χ4v) is 3.27. The maximum absolute atomic E-state index is 12.1. The largest absolute Gasteiger partial charge is 0.497 e. The van der Waals surface area contributed by atoms with Crippen LogP contribution in [0.3, 0.4) is 0 Å². The summed E-state index contributed by atoms with van der Waals surface area (Å²) in [5, 5.41) is 0. The SMILES string of the molecule is COc1ccc(C=CC(=O)CCN2CCN(Cc3ccccc3)CC2)cc1. The molecule has 1 saturated heterocycles. The molecule has 0 bridgehead atoms. The second-order valence-corrected chi connectivity index (χ2v) is 6.93. The van der Waals surface area contributed by atoms with Gasteiger partial charge in [0.1, 0.15) is 5.75 Å². The number of ether oxygens (including phenoxy) is 1. The van der Waals surface area contributed by atoms with Crippen molar-refractivity contribution < 1.29 is 9.53 Å². The summed E-state index contributed by atoms with van der Waals surface area (Å²) < 4.78 is 5.14. The molecule has 3 rings (SSSR count). The van der Waals surface area contributed by atoms with E-state index in [4.69, 9.17) is 4.74 Å². The van der Waals surface area contributed by atoms with E-state index in [1.54, 1.807) is 13.2 Å². The molecule has 4 heteroatoms. The summed E-state index contributed by atoms with van der Waals surface area (Å²) >= 11 is 0. The molecule has 1 heterocycles.